The van der Waals surface area contributed by atoms with Crippen molar-refractivity contribution in [3.05, 3.63) is 82.5 Å². The summed E-state index contributed by atoms with van der Waals surface area (Å²) in [4.78, 5) is 27.3. The van der Waals surface area contributed by atoms with Crippen LogP contribution in [0.1, 0.15) is 75.3 Å². The van der Waals surface area contributed by atoms with Gasteiger partial charge in [-0.25, -0.2) is 0 Å². The Kier molecular flexibility index (Phi) is 8.90. The van der Waals surface area contributed by atoms with Gasteiger partial charge in [-0.15, -0.1) is 0 Å². The predicted octanol–water partition coefficient (Wildman–Crippen LogP) is 7.14. The van der Waals surface area contributed by atoms with Crippen molar-refractivity contribution in [2.45, 2.75) is 73.3 Å². The minimum Gasteiger partial charge on any atom is -0.486 e. The molecule has 0 saturated heterocycles. The second-order valence-electron chi connectivity index (χ2n) is 10.7. The van der Waals surface area contributed by atoms with Crippen molar-refractivity contribution >= 4 is 12.3 Å². The number of ketones is 1. The van der Waals surface area contributed by atoms with E-state index in [2.05, 4.69) is 56.1 Å². The quantitative estimate of drug-likeness (QED) is 0.261. The summed E-state index contributed by atoms with van der Waals surface area (Å²) in [5.41, 5.74) is 6.96. The first-order valence-corrected chi connectivity index (χ1v) is 12.9. The minimum absolute atomic E-state index is 0.0795. The predicted molar refractivity (Wildman–Crippen MR) is 148 cm³/mol. The number of hydrogen-bond donors (Lipinski definition) is 0. The molecule has 0 atom stereocenters. The van der Waals surface area contributed by atoms with Crippen LogP contribution in [0.25, 0.3) is 11.3 Å². The van der Waals surface area contributed by atoms with Crippen LogP contribution in [0.3, 0.4) is 0 Å². The number of ether oxygens (including phenoxy) is 2. The third-order valence-corrected chi connectivity index (χ3v) is 7.33. The van der Waals surface area contributed by atoms with Crippen LogP contribution < -0.4 is 4.74 Å². The molecule has 0 aliphatic carbocycles. The van der Waals surface area contributed by atoms with Crippen LogP contribution in [0.2, 0.25) is 0 Å². The molecule has 37 heavy (non-hydrogen) atoms. The van der Waals surface area contributed by atoms with E-state index in [9.17, 15) is 9.59 Å². The van der Waals surface area contributed by atoms with E-state index in [1.807, 2.05) is 45.9 Å². The largest absolute Gasteiger partial charge is 0.486 e. The molecule has 0 aliphatic rings. The number of carbonyl (C=O) groups is 2. The summed E-state index contributed by atoms with van der Waals surface area (Å²) in [5, 5.41) is 0. The zero-order valence-electron chi connectivity index (χ0n) is 23.2. The summed E-state index contributed by atoms with van der Waals surface area (Å²) in [6.45, 7) is 15.1. The standard InChI is InChI=1S/C32H39NO4/c1-8-32(9-2,26-12-15-29(23(4)17-26)37-20-30(35)31(5,6)7)25-11-13-27(22(3)16-25)28-14-10-24(18-33-28)19-36-21-34/h10-18,21H,8-9,19-20H2,1-7H3. The van der Waals surface area contributed by atoms with Crippen molar-refractivity contribution in [2.24, 2.45) is 5.41 Å². The normalized spacial score (nSPS) is 11.8. The molecule has 0 bridgehead atoms. The number of benzene rings is 2. The number of rotatable bonds is 11. The highest BCUT2D eigenvalue weighted by Gasteiger charge is 2.32. The number of carbonyl (C=O) groups excluding carboxylic acids is 2. The fourth-order valence-corrected chi connectivity index (χ4v) is 4.75. The Morgan fingerprint density at radius 3 is 2.08 bits per heavy atom. The Labute approximate surface area is 221 Å². The molecule has 3 rings (SSSR count). The molecule has 1 aromatic heterocycles. The van der Waals surface area contributed by atoms with Crippen LogP contribution in [-0.4, -0.2) is 23.8 Å². The summed E-state index contributed by atoms with van der Waals surface area (Å²) in [5.74, 6) is 0.837. The molecule has 0 fully saturated rings. The van der Waals surface area contributed by atoms with Crippen molar-refractivity contribution < 1.29 is 19.1 Å². The number of nitrogens with zero attached hydrogens (tertiary/aromatic N) is 1. The van der Waals surface area contributed by atoms with Gasteiger partial charge in [-0.05, 0) is 61.1 Å². The van der Waals surface area contributed by atoms with E-state index in [0.29, 0.717) is 6.47 Å². The maximum atomic E-state index is 12.3. The summed E-state index contributed by atoms with van der Waals surface area (Å²) in [6.07, 6.45) is 3.65. The van der Waals surface area contributed by atoms with E-state index in [1.54, 1.807) is 6.20 Å². The van der Waals surface area contributed by atoms with Gasteiger partial charge < -0.3 is 9.47 Å². The number of hydrogen-bond acceptors (Lipinski definition) is 5. The first-order chi connectivity index (χ1) is 17.6. The highest BCUT2D eigenvalue weighted by atomic mass is 16.5. The smallest absolute Gasteiger partial charge is 0.293 e. The molecular weight excluding hydrogens is 462 g/mol. The maximum absolute atomic E-state index is 12.3. The van der Waals surface area contributed by atoms with Crippen LogP contribution in [-0.2, 0) is 26.3 Å². The Morgan fingerprint density at radius 2 is 1.57 bits per heavy atom. The second-order valence-corrected chi connectivity index (χ2v) is 10.7. The summed E-state index contributed by atoms with van der Waals surface area (Å²) >= 11 is 0. The van der Waals surface area contributed by atoms with Gasteiger partial charge in [-0.3, -0.25) is 14.6 Å². The van der Waals surface area contributed by atoms with Crippen LogP contribution in [0, 0.1) is 19.3 Å². The van der Waals surface area contributed by atoms with E-state index >= 15 is 0 Å². The van der Waals surface area contributed by atoms with Gasteiger partial charge >= 0.3 is 0 Å². The SMILES string of the molecule is CCC(CC)(c1ccc(OCC(=O)C(C)(C)C)c(C)c1)c1ccc(-c2ccc(COC=O)cn2)c(C)c1. The number of aryl methyl sites for hydroxylation is 2. The van der Waals surface area contributed by atoms with Crippen molar-refractivity contribution in [1.82, 2.24) is 4.98 Å². The molecule has 2 aromatic carbocycles. The molecule has 0 radical (unpaired) electrons. The lowest BCUT2D eigenvalue weighted by Crippen LogP contribution is -2.27. The number of Topliss-reactive ketones (excluding diaryl/α,β-unsaturated/α-hetero) is 1. The topological polar surface area (TPSA) is 65.5 Å². The third-order valence-electron chi connectivity index (χ3n) is 7.33. The van der Waals surface area contributed by atoms with Gasteiger partial charge in [0.05, 0.1) is 5.69 Å². The first kappa shape index (κ1) is 28.1. The van der Waals surface area contributed by atoms with Gasteiger partial charge in [0, 0.05) is 28.2 Å². The molecule has 1 heterocycles. The molecule has 196 valence electrons. The Bertz CT molecular complexity index is 1230. The van der Waals surface area contributed by atoms with Crippen molar-refractivity contribution in [1.29, 1.82) is 0 Å². The average molecular weight is 502 g/mol. The molecule has 5 nitrogen and oxygen atoms in total. The lowest BCUT2D eigenvalue weighted by atomic mass is 9.69. The van der Waals surface area contributed by atoms with Crippen molar-refractivity contribution in [3.63, 3.8) is 0 Å². The number of aromatic nitrogens is 1. The zero-order valence-corrected chi connectivity index (χ0v) is 23.2. The fraction of sp³-hybridized carbons (Fsp3) is 0.406. The van der Waals surface area contributed by atoms with E-state index in [1.165, 1.54) is 11.1 Å². The Balaban J connectivity index is 1.90. The fourth-order valence-electron chi connectivity index (χ4n) is 4.75. The Morgan fingerprint density at radius 1 is 0.919 bits per heavy atom. The van der Waals surface area contributed by atoms with Crippen LogP contribution in [0.5, 0.6) is 5.75 Å². The summed E-state index contributed by atoms with van der Waals surface area (Å²) in [7, 11) is 0. The van der Waals surface area contributed by atoms with Gasteiger partial charge in [-0.2, -0.15) is 0 Å². The summed E-state index contributed by atoms with van der Waals surface area (Å²) in [6, 6.07) is 16.9. The molecule has 3 aromatic rings. The lowest BCUT2D eigenvalue weighted by Gasteiger charge is -2.34. The molecule has 5 heteroatoms. The minimum atomic E-state index is -0.417. The van der Waals surface area contributed by atoms with Crippen LogP contribution in [0.4, 0.5) is 0 Å². The summed E-state index contributed by atoms with van der Waals surface area (Å²) < 4.78 is 10.7. The van der Waals surface area contributed by atoms with E-state index in [4.69, 9.17) is 9.47 Å². The van der Waals surface area contributed by atoms with Gasteiger partial charge in [-0.1, -0.05) is 71.0 Å². The first-order valence-electron chi connectivity index (χ1n) is 12.9. The molecule has 0 unspecified atom stereocenters. The molecule has 0 amide bonds. The van der Waals surface area contributed by atoms with Gasteiger partial charge in [0.25, 0.3) is 6.47 Å². The van der Waals surface area contributed by atoms with Crippen LogP contribution >= 0.6 is 0 Å². The Hall–Kier alpha value is -3.47. The second kappa shape index (κ2) is 11.7. The zero-order chi connectivity index (χ0) is 27.2. The third kappa shape index (κ3) is 6.27. The molecule has 0 N–H and O–H groups in total. The number of pyridine rings is 1. The molecule has 0 aliphatic heterocycles. The van der Waals surface area contributed by atoms with E-state index < -0.39 is 5.41 Å². The van der Waals surface area contributed by atoms with Gasteiger partial charge in [0.15, 0.2) is 5.78 Å². The average Bonchev–Trinajstić information content (AvgIpc) is 2.88. The van der Waals surface area contributed by atoms with Gasteiger partial charge in [0.1, 0.15) is 19.0 Å². The monoisotopic (exact) mass is 501 g/mol. The van der Waals surface area contributed by atoms with Crippen LogP contribution in [0.15, 0.2) is 54.7 Å². The molecule has 0 saturated carbocycles. The highest BCUT2D eigenvalue weighted by Crippen LogP contribution is 2.41. The molecular formula is C32H39NO4. The maximum Gasteiger partial charge on any atom is 0.293 e. The highest BCUT2D eigenvalue weighted by molar-refractivity contribution is 5.85. The van der Waals surface area contributed by atoms with E-state index in [-0.39, 0.29) is 24.4 Å². The van der Waals surface area contributed by atoms with Gasteiger partial charge in [0.2, 0.25) is 0 Å². The molecule has 0 spiro atoms. The lowest BCUT2D eigenvalue weighted by molar-refractivity contribution is -0.130. The van der Waals surface area contributed by atoms with E-state index in [0.717, 1.165) is 46.5 Å². The van der Waals surface area contributed by atoms with Crippen molar-refractivity contribution in [2.75, 3.05) is 6.61 Å². The van der Waals surface area contributed by atoms with Crippen molar-refractivity contribution in [3.8, 4) is 17.0 Å².